The molecule has 0 spiro atoms. The molecule has 100 valence electrons. The van der Waals surface area contributed by atoms with E-state index in [4.69, 9.17) is 0 Å². The van der Waals surface area contributed by atoms with Crippen LogP contribution >= 0.6 is 0 Å². The number of Topliss-reactive ketones (excluding diaryl/α,β-unsaturated/α-hetero) is 1. The second-order valence-corrected chi connectivity index (χ2v) is 4.77. The zero-order valence-electron chi connectivity index (χ0n) is 11.5. The molecule has 2 aromatic rings. The van der Waals surface area contributed by atoms with Crippen molar-refractivity contribution in [2.24, 2.45) is 0 Å². The van der Waals surface area contributed by atoms with Crippen LogP contribution in [0.4, 0.5) is 4.39 Å². The van der Waals surface area contributed by atoms with Crippen LogP contribution in [0.3, 0.4) is 0 Å². The Morgan fingerprint density at radius 1 is 1.21 bits per heavy atom. The first-order valence-corrected chi connectivity index (χ1v) is 6.52. The van der Waals surface area contributed by atoms with E-state index in [0.29, 0.717) is 6.42 Å². The summed E-state index contributed by atoms with van der Waals surface area (Å²) in [7, 11) is 0. The van der Waals surface area contributed by atoms with Crippen LogP contribution in [0.15, 0.2) is 30.3 Å². The zero-order valence-corrected chi connectivity index (χ0v) is 11.5. The number of ketones is 1. The molecule has 0 bridgehead atoms. The summed E-state index contributed by atoms with van der Waals surface area (Å²) >= 11 is 0. The number of hydrogen-bond acceptors (Lipinski definition) is 1. The molecule has 1 aromatic heterocycles. The number of carbonyl (C=O) groups excluding carboxylic acids is 1. The maximum absolute atomic E-state index is 13.0. The summed E-state index contributed by atoms with van der Waals surface area (Å²) in [5.74, 6) is -0.0857. The van der Waals surface area contributed by atoms with Gasteiger partial charge >= 0.3 is 0 Å². The Hall–Kier alpha value is -1.90. The van der Waals surface area contributed by atoms with E-state index >= 15 is 0 Å². The third kappa shape index (κ3) is 2.60. The third-order valence-electron chi connectivity index (χ3n) is 3.29. The number of nitrogens with zero attached hydrogens (tertiary/aromatic N) is 1. The monoisotopic (exact) mass is 259 g/mol. The highest BCUT2D eigenvalue weighted by atomic mass is 19.1. The summed E-state index contributed by atoms with van der Waals surface area (Å²) in [6.07, 6.45) is 1.41. The number of halogens is 1. The van der Waals surface area contributed by atoms with E-state index in [1.165, 1.54) is 12.1 Å². The number of benzene rings is 1. The van der Waals surface area contributed by atoms with Crippen LogP contribution in [-0.2, 0) is 0 Å². The Labute approximate surface area is 112 Å². The quantitative estimate of drug-likeness (QED) is 0.754. The lowest BCUT2D eigenvalue weighted by Crippen LogP contribution is -2.03. The van der Waals surface area contributed by atoms with E-state index in [9.17, 15) is 9.18 Å². The first-order chi connectivity index (χ1) is 9.04. The summed E-state index contributed by atoms with van der Waals surface area (Å²) in [4.78, 5) is 12.0. The summed E-state index contributed by atoms with van der Waals surface area (Å²) < 4.78 is 15.0. The average Bonchev–Trinajstić information content (AvgIpc) is 2.67. The Balaban J connectivity index is 2.47. The first-order valence-electron chi connectivity index (χ1n) is 6.52. The Morgan fingerprint density at radius 2 is 1.84 bits per heavy atom. The molecule has 0 aliphatic carbocycles. The van der Waals surface area contributed by atoms with Crippen LogP contribution < -0.4 is 0 Å². The second kappa shape index (κ2) is 5.39. The molecule has 1 heterocycles. The van der Waals surface area contributed by atoms with Gasteiger partial charge in [0, 0.05) is 29.1 Å². The summed E-state index contributed by atoms with van der Waals surface area (Å²) in [6.45, 7) is 5.88. The van der Waals surface area contributed by atoms with Gasteiger partial charge in [-0.1, -0.05) is 6.92 Å². The smallest absolute Gasteiger partial charge is 0.164 e. The van der Waals surface area contributed by atoms with Crippen molar-refractivity contribution in [3.63, 3.8) is 0 Å². The molecule has 0 aliphatic rings. The van der Waals surface area contributed by atoms with Gasteiger partial charge in [-0.15, -0.1) is 0 Å². The predicted octanol–water partition coefficient (Wildman–Crippen LogP) is 4.22. The normalized spacial score (nSPS) is 10.7. The van der Waals surface area contributed by atoms with Crippen molar-refractivity contribution in [1.29, 1.82) is 0 Å². The van der Waals surface area contributed by atoms with Gasteiger partial charge in [-0.05, 0) is 50.6 Å². The minimum absolute atomic E-state index is 0.170. The van der Waals surface area contributed by atoms with Crippen molar-refractivity contribution in [1.82, 2.24) is 4.57 Å². The van der Waals surface area contributed by atoms with E-state index in [0.717, 1.165) is 29.1 Å². The van der Waals surface area contributed by atoms with Crippen molar-refractivity contribution in [2.75, 3.05) is 0 Å². The highest BCUT2D eigenvalue weighted by molar-refractivity contribution is 5.97. The lowest BCUT2D eigenvalue weighted by molar-refractivity contribution is 0.0981. The van der Waals surface area contributed by atoms with Crippen LogP contribution in [0.25, 0.3) is 5.69 Å². The molecule has 0 atom stereocenters. The highest BCUT2D eigenvalue weighted by Gasteiger charge is 2.15. The molecule has 0 fully saturated rings. The second-order valence-electron chi connectivity index (χ2n) is 4.77. The fourth-order valence-electron chi connectivity index (χ4n) is 2.39. The van der Waals surface area contributed by atoms with Crippen molar-refractivity contribution in [3.05, 3.63) is 53.1 Å². The molecule has 0 amide bonds. The Morgan fingerprint density at radius 3 is 2.42 bits per heavy atom. The number of aryl methyl sites for hydroxylation is 1. The zero-order chi connectivity index (χ0) is 14.0. The van der Waals surface area contributed by atoms with Gasteiger partial charge in [-0.2, -0.15) is 0 Å². The number of hydrogen-bond donors (Lipinski definition) is 0. The molecule has 0 radical (unpaired) electrons. The summed E-state index contributed by atoms with van der Waals surface area (Å²) in [5, 5.41) is 0. The van der Waals surface area contributed by atoms with E-state index in [2.05, 4.69) is 0 Å². The number of rotatable bonds is 4. The SMILES string of the molecule is CCCC(=O)c1cc(C)n(-c2ccc(F)cc2)c1C. The maximum atomic E-state index is 13.0. The van der Waals surface area contributed by atoms with Gasteiger partial charge in [0.05, 0.1) is 0 Å². The van der Waals surface area contributed by atoms with Gasteiger partial charge < -0.3 is 4.57 Å². The van der Waals surface area contributed by atoms with Gasteiger partial charge in [0.15, 0.2) is 5.78 Å². The van der Waals surface area contributed by atoms with E-state index in [1.807, 2.05) is 31.4 Å². The van der Waals surface area contributed by atoms with Crippen molar-refractivity contribution in [2.45, 2.75) is 33.6 Å². The van der Waals surface area contributed by atoms with Gasteiger partial charge in [-0.3, -0.25) is 4.79 Å². The van der Waals surface area contributed by atoms with Crippen molar-refractivity contribution in [3.8, 4) is 5.69 Å². The summed E-state index contributed by atoms with van der Waals surface area (Å²) in [5.41, 5.74) is 3.56. The van der Waals surface area contributed by atoms with E-state index in [1.54, 1.807) is 12.1 Å². The van der Waals surface area contributed by atoms with E-state index < -0.39 is 0 Å². The molecule has 0 saturated carbocycles. The number of aromatic nitrogens is 1. The van der Waals surface area contributed by atoms with Crippen LogP contribution in [0.1, 0.15) is 41.5 Å². The molecule has 1 aromatic carbocycles. The predicted molar refractivity (Wildman–Crippen MR) is 74.4 cm³/mol. The van der Waals surface area contributed by atoms with Crippen LogP contribution in [0, 0.1) is 19.7 Å². The molecule has 0 saturated heterocycles. The fraction of sp³-hybridized carbons (Fsp3) is 0.312. The topological polar surface area (TPSA) is 22.0 Å². The average molecular weight is 259 g/mol. The maximum Gasteiger partial charge on any atom is 0.164 e. The summed E-state index contributed by atoms with van der Waals surface area (Å²) in [6, 6.07) is 8.23. The molecule has 2 rings (SSSR count). The van der Waals surface area contributed by atoms with Crippen LogP contribution in [0.5, 0.6) is 0 Å². The standard InChI is InChI=1S/C16H18FNO/c1-4-5-16(19)15-10-11(2)18(12(15)3)14-8-6-13(17)7-9-14/h6-10H,4-5H2,1-3H3. The van der Waals surface area contributed by atoms with Gasteiger partial charge in [0.1, 0.15) is 5.82 Å². The molecule has 0 aliphatic heterocycles. The van der Waals surface area contributed by atoms with Crippen LogP contribution in [0.2, 0.25) is 0 Å². The fourth-order valence-corrected chi connectivity index (χ4v) is 2.39. The minimum atomic E-state index is -0.256. The van der Waals surface area contributed by atoms with E-state index in [-0.39, 0.29) is 11.6 Å². The van der Waals surface area contributed by atoms with Gasteiger partial charge in [0.25, 0.3) is 0 Å². The van der Waals surface area contributed by atoms with Gasteiger partial charge in [-0.25, -0.2) is 4.39 Å². The largest absolute Gasteiger partial charge is 0.318 e. The van der Waals surface area contributed by atoms with Gasteiger partial charge in [0.2, 0.25) is 0 Å². The van der Waals surface area contributed by atoms with Crippen LogP contribution in [-0.4, -0.2) is 10.4 Å². The first kappa shape index (κ1) is 13.5. The third-order valence-corrected chi connectivity index (χ3v) is 3.29. The number of carbonyl (C=O) groups is 1. The molecule has 3 heteroatoms. The lowest BCUT2D eigenvalue weighted by atomic mass is 10.1. The highest BCUT2D eigenvalue weighted by Crippen LogP contribution is 2.22. The van der Waals surface area contributed by atoms with Crippen molar-refractivity contribution >= 4 is 5.78 Å². The molecule has 2 nitrogen and oxygen atoms in total. The molecule has 0 N–H and O–H groups in total. The van der Waals surface area contributed by atoms with Crippen molar-refractivity contribution < 1.29 is 9.18 Å². The molecule has 19 heavy (non-hydrogen) atoms. The Bertz CT molecular complexity index is 596. The Kier molecular flexibility index (Phi) is 3.84. The molecule has 0 unspecified atom stereocenters. The molecular formula is C16H18FNO. The lowest BCUT2D eigenvalue weighted by Gasteiger charge is -2.09. The minimum Gasteiger partial charge on any atom is -0.318 e. The molecular weight excluding hydrogens is 241 g/mol.